The maximum Gasteiger partial charge on any atom is 0.327 e. The van der Waals surface area contributed by atoms with Gasteiger partial charge < -0.3 is 37.8 Å². The van der Waals surface area contributed by atoms with Crippen LogP contribution in [-0.2, 0) is 28.8 Å². The predicted octanol–water partition coefficient (Wildman–Crippen LogP) is -4.04. The molecule has 1 heterocycles. The summed E-state index contributed by atoms with van der Waals surface area (Å²) >= 11 is 3.81. The number of carboxylic acids is 1. The van der Waals surface area contributed by atoms with Gasteiger partial charge in [-0.25, -0.2) is 4.79 Å². The number of nitrogens with two attached hydrogens (primary N) is 2. The van der Waals surface area contributed by atoms with Crippen molar-refractivity contribution < 1.29 is 33.9 Å². The molecule has 168 valence electrons. The Morgan fingerprint density at radius 3 is 1.83 bits per heavy atom. The van der Waals surface area contributed by atoms with Gasteiger partial charge in [0.2, 0.25) is 29.5 Å². The van der Waals surface area contributed by atoms with Gasteiger partial charge in [-0.15, -0.1) is 0 Å². The summed E-state index contributed by atoms with van der Waals surface area (Å²) in [6, 6.07) is -4.85. The molecule has 4 atom stereocenters. The van der Waals surface area contributed by atoms with Gasteiger partial charge in [-0.05, 0) is 19.4 Å². The third-order valence-electron chi connectivity index (χ3n) is 4.25. The number of hydrogen-bond donors (Lipinski definition) is 8. The Bertz CT molecular complexity index is 698. The number of primary amides is 2. The van der Waals surface area contributed by atoms with Gasteiger partial charge in [-0.1, -0.05) is 0 Å². The highest BCUT2D eigenvalue weighted by Gasteiger charge is 2.32. The van der Waals surface area contributed by atoms with E-state index in [1.54, 1.807) is 0 Å². The molecule has 4 unspecified atom stereocenters. The van der Waals surface area contributed by atoms with Crippen LogP contribution in [0.1, 0.15) is 25.7 Å². The van der Waals surface area contributed by atoms with Crippen LogP contribution in [-0.4, -0.2) is 77.1 Å². The van der Waals surface area contributed by atoms with E-state index in [-0.39, 0.29) is 5.75 Å². The molecule has 13 nitrogen and oxygen atoms in total. The third-order valence-corrected chi connectivity index (χ3v) is 4.62. The Kier molecular flexibility index (Phi) is 10.0. The van der Waals surface area contributed by atoms with Crippen molar-refractivity contribution in [2.45, 2.75) is 49.9 Å². The van der Waals surface area contributed by atoms with Crippen LogP contribution < -0.4 is 32.7 Å². The van der Waals surface area contributed by atoms with Gasteiger partial charge in [0, 0.05) is 5.75 Å². The van der Waals surface area contributed by atoms with Gasteiger partial charge in [-0.3, -0.25) is 24.0 Å². The average molecular weight is 446 g/mol. The van der Waals surface area contributed by atoms with Gasteiger partial charge in [0.1, 0.15) is 18.1 Å². The number of hydrogen-bond acceptors (Lipinski definition) is 8. The van der Waals surface area contributed by atoms with Crippen LogP contribution in [0.4, 0.5) is 0 Å². The summed E-state index contributed by atoms with van der Waals surface area (Å²) in [5.74, 6) is -5.92. The largest absolute Gasteiger partial charge is 0.480 e. The first kappa shape index (κ1) is 25.2. The molecule has 5 amide bonds. The zero-order chi connectivity index (χ0) is 22.8. The number of carboxylic acid groups (broad SMARTS) is 1. The lowest BCUT2D eigenvalue weighted by Crippen LogP contribution is -2.58. The lowest BCUT2D eigenvalue weighted by Gasteiger charge is -2.24. The van der Waals surface area contributed by atoms with Crippen molar-refractivity contribution in [3.8, 4) is 0 Å². The highest BCUT2D eigenvalue weighted by molar-refractivity contribution is 7.80. The highest BCUT2D eigenvalue weighted by Crippen LogP contribution is 2.06. The van der Waals surface area contributed by atoms with Gasteiger partial charge in [0.15, 0.2) is 0 Å². The molecular weight excluding hydrogens is 420 g/mol. The minimum atomic E-state index is -1.53. The summed E-state index contributed by atoms with van der Waals surface area (Å²) in [5.41, 5.74) is 10.2. The summed E-state index contributed by atoms with van der Waals surface area (Å²) in [5, 5.41) is 18.7. The summed E-state index contributed by atoms with van der Waals surface area (Å²) in [4.78, 5) is 70.9. The van der Waals surface area contributed by atoms with Crippen molar-refractivity contribution in [2.24, 2.45) is 11.5 Å². The molecule has 14 heteroatoms. The minimum Gasteiger partial charge on any atom is -0.480 e. The number of amides is 5. The number of rotatable bonds is 12. The number of carbonyl (C=O) groups excluding carboxylic acids is 5. The van der Waals surface area contributed by atoms with Crippen LogP contribution in [0.15, 0.2) is 0 Å². The number of aliphatic carboxylic acids is 1. The van der Waals surface area contributed by atoms with Crippen molar-refractivity contribution >= 4 is 48.1 Å². The predicted molar refractivity (Wildman–Crippen MR) is 106 cm³/mol. The smallest absolute Gasteiger partial charge is 0.327 e. The van der Waals surface area contributed by atoms with E-state index in [2.05, 4.69) is 33.9 Å². The molecule has 0 aromatic heterocycles. The summed E-state index contributed by atoms with van der Waals surface area (Å²) in [7, 11) is 0. The van der Waals surface area contributed by atoms with Crippen LogP contribution in [0.3, 0.4) is 0 Å². The van der Waals surface area contributed by atoms with Crippen molar-refractivity contribution in [2.75, 3.05) is 12.3 Å². The topological polar surface area (TPSA) is 223 Å². The average Bonchev–Trinajstić information content (AvgIpc) is 3.18. The number of carbonyl (C=O) groups is 6. The molecule has 1 saturated heterocycles. The minimum absolute atomic E-state index is 0.243. The van der Waals surface area contributed by atoms with Crippen molar-refractivity contribution in [3.63, 3.8) is 0 Å². The van der Waals surface area contributed by atoms with E-state index in [0.717, 1.165) is 6.42 Å². The molecule has 0 aromatic carbocycles. The quantitative estimate of drug-likeness (QED) is 0.137. The molecule has 0 aromatic rings. The van der Waals surface area contributed by atoms with Crippen LogP contribution in [0.2, 0.25) is 0 Å². The number of nitrogens with one attached hydrogen (secondary N) is 4. The van der Waals surface area contributed by atoms with Gasteiger partial charge in [0.05, 0.1) is 18.9 Å². The Labute approximate surface area is 177 Å². The van der Waals surface area contributed by atoms with Gasteiger partial charge in [-0.2, -0.15) is 12.6 Å². The Hall–Kier alpha value is -2.87. The van der Waals surface area contributed by atoms with Crippen LogP contribution in [0.5, 0.6) is 0 Å². The normalized spacial score (nSPS) is 18.5. The van der Waals surface area contributed by atoms with Crippen LogP contribution in [0, 0.1) is 0 Å². The molecule has 0 aliphatic carbocycles. The molecule has 1 rings (SSSR count). The van der Waals surface area contributed by atoms with E-state index < -0.39 is 72.5 Å². The molecule has 0 bridgehead atoms. The fourth-order valence-corrected chi connectivity index (χ4v) is 2.98. The second-order valence-electron chi connectivity index (χ2n) is 6.69. The Morgan fingerprint density at radius 2 is 1.43 bits per heavy atom. The summed E-state index contributed by atoms with van der Waals surface area (Å²) in [6.07, 6.45) is 0.118. The zero-order valence-corrected chi connectivity index (χ0v) is 16.9. The summed E-state index contributed by atoms with van der Waals surface area (Å²) < 4.78 is 0. The maximum atomic E-state index is 12.6. The molecule has 30 heavy (non-hydrogen) atoms. The zero-order valence-electron chi connectivity index (χ0n) is 16.1. The first-order valence-corrected chi connectivity index (χ1v) is 9.73. The Balaban J connectivity index is 2.90. The second kappa shape index (κ2) is 12.0. The standard InChI is InChI=1S/C16H26N6O7S/c17-11(23)4-8(20-13(25)7-2-1-3-19-7)14(26)21-9(5-12(18)24)15(27)22-10(6-30)16(28)29/h7-10,19,30H,1-6H2,(H2,17,23)(H2,18,24)(H,20,25)(H,21,26)(H,22,27)(H,28,29). The van der Waals surface area contributed by atoms with E-state index in [1.165, 1.54) is 0 Å². The van der Waals surface area contributed by atoms with Crippen molar-refractivity contribution in [3.05, 3.63) is 0 Å². The Morgan fingerprint density at radius 1 is 0.933 bits per heavy atom. The lowest BCUT2D eigenvalue weighted by atomic mass is 10.1. The fourth-order valence-electron chi connectivity index (χ4n) is 2.73. The first-order chi connectivity index (χ1) is 14.0. The molecule has 0 saturated carbocycles. The third kappa shape index (κ3) is 8.24. The maximum absolute atomic E-state index is 12.6. The molecule has 9 N–H and O–H groups in total. The first-order valence-electron chi connectivity index (χ1n) is 9.09. The van der Waals surface area contributed by atoms with Crippen LogP contribution >= 0.6 is 12.6 Å². The van der Waals surface area contributed by atoms with E-state index in [0.29, 0.717) is 13.0 Å². The van der Waals surface area contributed by atoms with Crippen molar-refractivity contribution in [1.82, 2.24) is 21.3 Å². The highest BCUT2D eigenvalue weighted by atomic mass is 32.1. The lowest BCUT2D eigenvalue weighted by molar-refractivity contribution is -0.142. The SMILES string of the molecule is NC(=O)CC(NC(=O)C(CC(N)=O)NC(=O)C1CCCN1)C(=O)NC(CS)C(=O)O. The summed E-state index contributed by atoms with van der Waals surface area (Å²) in [6.45, 7) is 0.627. The second-order valence-corrected chi connectivity index (χ2v) is 7.06. The van der Waals surface area contributed by atoms with Gasteiger partial charge >= 0.3 is 5.97 Å². The molecule has 0 radical (unpaired) electrons. The molecule has 1 fully saturated rings. The monoisotopic (exact) mass is 446 g/mol. The van der Waals surface area contributed by atoms with Crippen molar-refractivity contribution in [1.29, 1.82) is 0 Å². The van der Waals surface area contributed by atoms with E-state index >= 15 is 0 Å². The van der Waals surface area contributed by atoms with E-state index in [9.17, 15) is 28.8 Å². The molecular formula is C16H26N6O7S. The molecule has 1 aliphatic rings. The molecule has 0 spiro atoms. The molecule has 1 aliphatic heterocycles. The van der Waals surface area contributed by atoms with E-state index in [4.69, 9.17) is 16.6 Å². The van der Waals surface area contributed by atoms with Crippen LogP contribution in [0.25, 0.3) is 0 Å². The number of thiol groups is 1. The van der Waals surface area contributed by atoms with Gasteiger partial charge in [0.25, 0.3) is 0 Å². The van der Waals surface area contributed by atoms with E-state index in [1.807, 2.05) is 0 Å². The fraction of sp³-hybridized carbons (Fsp3) is 0.625.